The summed E-state index contributed by atoms with van der Waals surface area (Å²) < 4.78 is 12.9. The fourth-order valence-electron chi connectivity index (χ4n) is 1.84. The van der Waals surface area contributed by atoms with E-state index in [1.54, 1.807) is 24.3 Å². The van der Waals surface area contributed by atoms with Crippen molar-refractivity contribution >= 4 is 41.0 Å². The Morgan fingerprint density at radius 3 is 1.63 bits per heavy atom. The van der Waals surface area contributed by atoms with Gasteiger partial charge in [0.05, 0.1) is 0 Å². The summed E-state index contributed by atoms with van der Waals surface area (Å²) in [5, 5.41) is 1.16. The molecule has 5 heteroatoms. The lowest BCUT2D eigenvalue weighted by molar-refractivity contribution is -0.00509. The fraction of sp³-hybridized carbons (Fsp3) is 0.143. The van der Waals surface area contributed by atoms with Crippen molar-refractivity contribution in [3.8, 4) is 0 Å². The first-order chi connectivity index (χ1) is 9.02. The van der Waals surface area contributed by atoms with E-state index in [9.17, 15) is 4.53 Å². The predicted octanol–water partition coefficient (Wildman–Crippen LogP) is 3.62. The minimum atomic E-state index is -0.823. The summed E-state index contributed by atoms with van der Waals surface area (Å²) in [4.78, 5) is 4.09. The van der Waals surface area contributed by atoms with Crippen molar-refractivity contribution in [1.29, 1.82) is 0 Å². The first-order valence-electron chi connectivity index (χ1n) is 5.82. The van der Waals surface area contributed by atoms with Gasteiger partial charge in [-0.25, -0.2) is 0 Å². The molecule has 0 radical (unpaired) electrons. The van der Waals surface area contributed by atoms with E-state index in [2.05, 4.69) is 4.86 Å². The Morgan fingerprint density at radius 1 is 0.895 bits per heavy atom. The van der Waals surface area contributed by atoms with E-state index >= 15 is 0 Å². The third-order valence-electron chi connectivity index (χ3n) is 3.09. The zero-order chi connectivity index (χ0) is 14.0. The van der Waals surface area contributed by atoms with E-state index in [1.165, 1.54) is 0 Å². The van der Waals surface area contributed by atoms with Crippen LogP contribution in [-0.2, 0) is 4.86 Å². The molecule has 0 N–H and O–H groups in total. The topological polar surface area (TPSA) is 9.23 Å². The molecule has 98 valence electrons. The average molecular weight is 297 g/mol. The predicted molar refractivity (Wildman–Crippen MR) is 79.6 cm³/mol. The van der Waals surface area contributed by atoms with Crippen LogP contribution in [0.4, 0.5) is 4.53 Å². The van der Waals surface area contributed by atoms with Crippen LogP contribution in [0.25, 0.3) is 0 Å². The minimum absolute atomic E-state index is 0.581. The van der Waals surface area contributed by atoms with Crippen molar-refractivity contribution < 1.29 is 9.39 Å². The molecule has 0 aromatic heterocycles. The van der Waals surface area contributed by atoms with Gasteiger partial charge in [0.1, 0.15) is 0 Å². The van der Waals surface area contributed by atoms with Gasteiger partial charge >= 0.3 is 6.92 Å². The van der Waals surface area contributed by atoms with Crippen LogP contribution in [0, 0.1) is 13.8 Å². The standard InChI is InChI=1S/C14H12BCl2FO/c1-9-3-5-11(7-13(9)16)15(19-18)12-6-4-10(2)14(17)8-12/h3-8H,1-2H3. The number of hydrogen-bond donors (Lipinski definition) is 0. The van der Waals surface area contributed by atoms with Crippen LogP contribution < -0.4 is 10.9 Å². The molecule has 0 aliphatic rings. The molecule has 0 saturated heterocycles. The SMILES string of the molecule is Cc1ccc(B(OF)c2ccc(C)c(Cl)c2)cc1Cl. The summed E-state index contributed by atoms with van der Waals surface area (Å²) in [6.45, 7) is 2.96. The Hall–Kier alpha value is -1.03. The number of halogens is 3. The second-order valence-corrected chi connectivity index (χ2v) is 5.30. The van der Waals surface area contributed by atoms with E-state index in [0.29, 0.717) is 21.0 Å². The van der Waals surface area contributed by atoms with Crippen molar-refractivity contribution in [2.75, 3.05) is 0 Å². The zero-order valence-electron chi connectivity index (χ0n) is 10.6. The van der Waals surface area contributed by atoms with Crippen LogP contribution in [0.5, 0.6) is 0 Å². The summed E-state index contributed by atoms with van der Waals surface area (Å²) in [6, 6.07) is 10.7. The first kappa shape index (κ1) is 14.4. The van der Waals surface area contributed by atoms with Crippen LogP contribution in [0.2, 0.25) is 10.0 Å². The fourth-order valence-corrected chi connectivity index (χ4v) is 2.22. The van der Waals surface area contributed by atoms with Gasteiger partial charge < -0.3 is 0 Å². The van der Waals surface area contributed by atoms with Gasteiger partial charge in [0.2, 0.25) is 0 Å². The summed E-state index contributed by atoms with van der Waals surface area (Å²) >= 11 is 12.1. The van der Waals surface area contributed by atoms with Gasteiger partial charge in [0.15, 0.2) is 0 Å². The molecule has 0 spiro atoms. The molecule has 0 amide bonds. The van der Waals surface area contributed by atoms with Crippen molar-refractivity contribution in [3.05, 3.63) is 57.6 Å². The van der Waals surface area contributed by atoms with Crippen LogP contribution >= 0.6 is 23.2 Å². The largest absolute Gasteiger partial charge is 0.412 e. The lowest BCUT2D eigenvalue weighted by atomic mass is 9.55. The lowest BCUT2D eigenvalue weighted by Gasteiger charge is -2.11. The summed E-state index contributed by atoms with van der Waals surface area (Å²) in [5.41, 5.74) is 3.17. The molecule has 0 fully saturated rings. The summed E-state index contributed by atoms with van der Waals surface area (Å²) in [6.07, 6.45) is 0. The zero-order valence-corrected chi connectivity index (χ0v) is 12.1. The average Bonchev–Trinajstić information content (AvgIpc) is 2.39. The second-order valence-electron chi connectivity index (χ2n) is 4.49. The first-order valence-corrected chi connectivity index (χ1v) is 6.58. The van der Waals surface area contributed by atoms with E-state index in [-0.39, 0.29) is 0 Å². The molecule has 2 rings (SSSR count). The molecule has 1 nitrogen and oxygen atoms in total. The third kappa shape index (κ3) is 3.11. The maximum Gasteiger partial charge on any atom is 0.412 e. The maximum absolute atomic E-state index is 12.9. The molecule has 19 heavy (non-hydrogen) atoms. The monoisotopic (exact) mass is 296 g/mol. The van der Waals surface area contributed by atoms with Gasteiger partial charge in [-0.1, -0.05) is 52.0 Å². The van der Waals surface area contributed by atoms with Gasteiger partial charge in [0, 0.05) is 10.0 Å². The van der Waals surface area contributed by atoms with Crippen molar-refractivity contribution in [2.24, 2.45) is 0 Å². The van der Waals surface area contributed by atoms with Crippen LogP contribution in [0.3, 0.4) is 0 Å². The Kier molecular flexibility index (Phi) is 4.51. The third-order valence-corrected chi connectivity index (χ3v) is 3.90. The van der Waals surface area contributed by atoms with E-state index < -0.39 is 6.92 Å². The number of benzene rings is 2. The van der Waals surface area contributed by atoms with Gasteiger partial charge in [-0.15, -0.1) is 0 Å². The van der Waals surface area contributed by atoms with Crippen LogP contribution in [-0.4, -0.2) is 6.92 Å². The molecule has 0 aliphatic carbocycles. The Morgan fingerprint density at radius 2 is 1.32 bits per heavy atom. The number of rotatable bonds is 3. The molecule has 0 heterocycles. The van der Waals surface area contributed by atoms with E-state index in [1.807, 2.05) is 26.0 Å². The van der Waals surface area contributed by atoms with Gasteiger partial charge in [0.25, 0.3) is 0 Å². The maximum atomic E-state index is 12.9. The van der Waals surface area contributed by atoms with E-state index in [0.717, 1.165) is 11.1 Å². The molecule has 0 aliphatic heterocycles. The Labute approximate surface area is 122 Å². The number of aryl methyl sites for hydroxylation is 2. The summed E-state index contributed by atoms with van der Waals surface area (Å²) in [5.74, 6) is 0. The smallest absolute Gasteiger partial charge is 0.251 e. The van der Waals surface area contributed by atoms with Crippen LogP contribution in [0.15, 0.2) is 36.4 Å². The molecule has 0 saturated carbocycles. The van der Waals surface area contributed by atoms with Crippen molar-refractivity contribution in [1.82, 2.24) is 0 Å². The van der Waals surface area contributed by atoms with Crippen LogP contribution in [0.1, 0.15) is 11.1 Å². The molecule has 0 bridgehead atoms. The highest BCUT2D eigenvalue weighted by molar-refractivity contribution is 6.80. The second kappa shape index (κ2) is 5.95. The van der Waals surface area contributed by atoms with Gasteiger partial charge in [-0.2, -0.15) is 0 Å². The van der Waals surface area contributed by atoms with Gasteiger partial charge in [-0.3, -0.25) is 4.86 Å². The highest BCUT2D eigenvalue weighted by Gasteiger charge is 2.24. The minimum Gasteiger partial charge on any atom is -0.251 e. The van der Waals surface area contributed by atoms with Crippen molar-refractivity contribution in [2.45, 2.75) is 13.8 Å². The molecule has 2 aromatic rings. The molecule has 0 atom stereocenters. The highest BCUT2D eigenvalue weighted by atomic mass is 35.5. The molecule has 0 unspecified atom stereocenters. The molecule has 2 aromatic carbocycles. The molecular weight excluding hydrogens is 285 g/mol. The lowest BCUT2D eigenvalue weighted by Crippen LogP contribution is -2.43. The Balaban J connectivity index is 2.43. The normalized spacial score (nSPS) is 10.6. The number of hydrogen-bond acceptors (Lipinski definition) is 1. The molecular formula is C14H12BCl2FO. The van der Waals surface area contributed by atoms with E-state index in [4.69, 9.17) is 23.2 Å². The van der Waals surface area contributed by atoms with Crippen molar-refractivity contribution in [3.63, 3.8) is 0 Å². The quantitative estimate of drug-likeness (QED) is 0.786. The summed E-state index contributed by atoms with van der Waals surface area (Å²) in [7, 11) is 0. The van der Waals surface area contributed by atoms with Gasteiger partial charge in [-0.05, 0) is 48.0 Å². The highest BCUT2D eigenvalue weighted by Crippen LogP contribution is 2.15. The Bertz CT molecular complexity index is 552.